The van der Waals surface area contributed by atoms with E-state index in [-0.39, 0.29) is 21.6 Å². The van der Waals surface area contributed by atoms with Gasteiger partial charge in [-0.3, -0.25) is 0 Å². The van der Waals surface area contributed by atoms with Crippen LogP contribution in [0.25, 0.3) is 22.2 Å². The monoisotopic (exact) mass is 477 g/mol. The molecule has 0 amide bonds. The summed E-state index contributed by atoms with van der Waals surface area (Å²) in [5, 5.41) is 5.34. The summed E-state index contributed by atoms with van der Waals surface area (Å²) in [7, 11) is -3.87. The van der Waals surface area contributed by atoms with E-state index in [4.69, 9.17) is 5.14 Å². The maximum Gasteiger partial charge on any atom is 0.446 e. The molecule has 0 saturated heterocycles. The number of imidazole rings is 1. The Labute approximate surface area is 186 Å². The Morgan fingerprint density at radius 1 is 0.969 bits per heavy atom. The van der Waals surface area contributed by atoms with Crippen LogP contribution in [-0.4, -0.2) is 23.9 Å². The fraction of sp³-hybridized carbons (Fsp3) is 0.136. The number of nitrogens with two attached hydrogens (primary N) is 1. The van der Waals surface area contributed by atoms with E-state index in [2.05, 4.69) is 9.97 Å². The minimum absolute atomic E-state index is 0.0437. The molecule has 0 unspecified atom stereocenters. The Morgan fingerprint density at radius 3 is 2.38 bits per heavy atom. The molecule has 10 heteroatoms. The second-order valence-electron chi connectivity index (χ2n) is 7.15. The number of alkyl halides is 3. The van der Waals surface area contributed by atoms with Crippen molar-refractivity contribution in [2.24, 2.45) is 5.14 Å². The number of hydrogen-bond donors (Lipinski definition) is 2. The van der Waals surface area contributed by atoms with Gasteiger partial charge in [0.2, 0.25) is 10.0 Å². The van der Waals surface area contributed by atoms with E-state index in [1.54, 1.807) is 42.5 Å². The summed E-state index contributed by atoms with van der Waals surface area (Å²) < 4.78 is 61.1. The highest BCUT2D eigenvalue weighted by Crippen LogP contribution is 2.36. The first-order valence-electron chi connectivity index (χ1n) is 9.54. The van der Waals surface area contributed by atoms with E-state index in [1.807, 2.05) is 6.07 Å². The van der Waals surface area contributed by atoms with Crippen LogP contribution in [0.1, 0.15) is 11.4 Å². The Hall–Kier alpha value is -2.82. The quantitative estimate of drug-likeness (QED) is 0.370. The molecular formula is C22H18F3N3O2S2. The summed E-state index contributed by atoms with van der Waals surface area (Å²) in [4.78, 5) is 8.00. The largest absolute Gasteiger partial charge is 0.446 e. The first-order chi connectivity index (χ1) is 15.1. The number of aryl methyl sites for hydroxylation is 2. The van der Waals surface area contributed by atoms with Crippen LogP contribution >= 0.6 is 11.8 Å². The minimum Gasteiger partial charge on any atom is -0.342 e. The van der Waals surface area contributed by atoms with Crippen molar-refractivity contribution in [2.45, 2.75) is 28.1 Å². The van der Waals surface area contributed by atoms with Gasteiger partial charge in [-0.2, -0.15) is 13.2 Å². The van der Waals surface area contributed by atoms with Crippen LogP contribution in [0.5, 0.6) is 0 Å². The molecule has 0 fully saturated rings. The van der Waals surface area contributed by atoms with Crippen molar-refractivity contribution in [1.82, 2.24) is 9.97 Å². The lowest BCUT2D eigenvalue weighted by Gasteiger charge is -2.07. The average molecular weight is 478 g/mol. The van der Waals surface area contributed by atoms with Crippen molar-refractivity contribution >= 4 is 32.8 Å². The van der Waals surface area contributed by atoms with Gasteiger partial charge in [0.15, 0.2) is 0 Å². The molecule has 4 rings (SSSR count). The number of nitrogens with one attached hydrogen (secondary N) is 1. The number of sulfonamides is 1. The van der Waals surface area contributed by atoms with Gasteiger partial charge in [0.25, 0.3) is 0 Å². The number of benzene rings is 3. The molecule has 0 radical (unpaired) electrons. The molecular weight excluding hydrogens is 459 g/mol. The summed E-state index contributed by atoms with van der Waals surface area (Å²) in [6.07, 6.45) is 1.18. The number of aromatic nitrogens is 2. The number of halogens is 3. The number of H-pyrrole nitrogens is 1. The number of fused-ring (bicyclic) bond motifs is 1. The molecule has 0 bridgehead atoms. The van der Waals surface area contributed by atoms with Crippen molar-refractivity contribution in [3.63, 3.8) is 0 Å². The Bertz CT molecular complexity index is 1370. The summed E-state index contributed by atoms with van der Waals surface area (Å²) in [5.41, 5.74) is -0.743. The molecule has 3 N–H and O–H groups in total. The zero-order valence-electron chi connectivity index (χ0n) is 16.6. The van der Waals surface area contributed by atoms with Crippen molar-refractivity contribution < 1.29 is 21.6 Å². The molecule has 0 saturated carbocycles. The third kappa shape index (κ3) is 5.32. The Balaban J connectivity index is 1.52. The molecule has 1 aromatic heterocycles. The molecule has 3 aromatic carbocycles. The number of aromatic amines is 1. The second kappa shape index (κ2) is 8.61. The van der Waals surface area contributed by atoms with Crippen molar-refractivity contribution in [2.75, 3.05) is 0 Å². The SMILES string of the molecule is NS(=O)(=O)c1ccccc1-c1ccc2[nH]c(CCc3ccc(SC(F)(F)F)cc3)nc2c1. The Kier molecular flexibility index (Phi) is 6.02. The van der Waals surface area contributed by atoms with Gasteiger partial charge in [-0.25, -0.2) is 18.5 Å². The third-order valence-electron chi connectivity index (χ3n) is 4.84. The highest BCUT2D eigenvalue weighted by atomic mass is 32.2. The second-order valence-corrected chi connectivity index (χ2v) is 9.82. The van der Waals surface area contributed by atoms with Crippen LogP contribution in [0, 0.1) is 0 Å². The average Bonchev–Trinajstić information content (AvgIpc) is 3.14. The lowest BCUT2D eigenvalue weighted by molar-refractivity contribution is -0.0328. The molecule has 0 atom stereocenters. The smallest absolute Gasteiger partial charge is 0.342 e. The van der Waals surface area contributed by atoms with Gasteiger partial charge in [-0.05, 0) is 59.6 Å². The normalized spacial score (nSPS) is 12.4. The number of thioether (sulfide) groups is 1. The van der Waals surface area contributed by atoms with E-state index in [9.17, 15) is 21.6 Å². The van der Waals surface area contributed by atoms with Gasteiger partial charge >= 0.3 is 5.51 Å². The highest BCUT2D eigenvalue weighted by molar-refractivity contribution is 8.00. The van der Waals surface area contributed by atoms with Gasteiger partial charge < -0.3 is 4.98 Å². The molecule has 166 valence electrons. The molecule has 0 spiro atoms. The topological polar surface area (TPSA) is 88.8 Å². The first kappa shape index (κ1) is 22.4. The van der Waals surface area contributed by atoms with Crippen LogP contribution in [-0.2, 0) is 22.9 Å². The predicted octanol–water partition coefficient (Wildman–Crippen LogP) is 5.27. The number of hydrogen-bond acceptors (Lipinski definition) is 4. The van der Waals surface area contributed by atoms with E-state index in [0.717, 1.165) is 16.9 Å². The van der Waals surface area contributed by atoms with Crippen LogP contribution in [0.3, 0.4) is 0 Å². The molecule has 0 aliphatic rings. The lowest BCUT2D eigenvalue weighted by Crippen LogP contribution is -2.13. The number of nitrogens with zero attached hydrogens (tertiary/aromatic N) is 1. The molecule has 32 heavy (non-hydrogen) atoms. The van der Waals surface area contributed by atoms with E-state index < -0.39 is 15.5 Å². The van der Waals surface area contributed by atoms with Gasteiger partial charge in [-0.15, -0.1) is 0 Å². The maximum absolute atomic E-state index is 12.4. The van der Waals surface area contributed by atoms with Crippen molar-refractivity contribution in [3.8, 4) is 11.1 Å². The van der Waals surface area contributed by atoms with Crippen LogP contribution in [0.15, 0.2) is 76.5 Å². The molecule has 0 aliphatic carbocycles. The van der Waals surface area contributed by atoms with Gasteiger partial charge in [0.1, 0.15) is 5.82 Å². The summed E-state index contributed by atoms with van der Waals surface area (Å²) in [5.74, 6) is 0.727. The van der Waals surface area contributed by atoms with Gasteiger partial charge in [-0.1, -0.05) is 36.4 Å². The maximum atomic E-state index is 12.4. The van der Waals surface area contributed by atoms with Crippen molar-refractivity contribution in [1.29, 1.82) is 0 Å². The lowest BCUT2D eigenvalue weighted by atomic mass is 10.1. The van der Waals surface area contributed by atoms with Crippen LogP contribution in [0.2, 0.25) is 0 Å². The summed E-state index contributed by atoms with van der Waals surface area (Å²) in [6, 6.07) is 18.2. The van der Waals surface area contributed by atoms with Gasteiger partial charge in [0, 0.05) is 16.9 Å². The van der Waals surface area contributed by atoms with E-state index in [1.165, 1.54) is 18.2 Å². The fourth-order valence-electron chi connectivity index (χ4n) is 3.42. The summed E-state index contributed by atoms with van der Waals surface area (Å²) in [6.45, 7) is 0. The third-order valence-corrected chi connectivity index (χ3v) is 6.55. The highest BCUT2D eigenvalue weighted by Gasteiger charge is 2.29. The molecule has 4 aromatic rings. The molecule has 5 nitrogen and oxygen atoms in total. The number of primary sulfonamides is 1. The zero-order valence-corrected chi connectivity index (χ0v) is 18.2. The standard InChI is InChI=1S/C22H18F3N3O2S2/c23-22(24,25)31-16-9-5-14(6-10-16)7-12-21-27-18-11-8-15(13-19(18)28-21)17-3-1-2-4-20(17)32(26,29)30/h1-6,8-11,13H,7,12H2,(H,27,28)(H2,26,29,30). The summed E-state index contributed by atoms with van der Waals surface area (Å²) >= 11 is -0.135. The molecule has 0 aliphatic heterocycles. The zero-order chi connectivity index (χ0) is 22.9. The van der Waals surface area contributed by atoms with E-state index >= 15 is 0 Å². The Morgan fingerprint density at radius 2 is 1.69 bits per heavy atom. The van der Waals surface area contributed by atoms with E-state index in [0.29, 0.717) is 29.5 Å². The molecule has 1 heterocycles. The van der Waals surface area contributed by atoms with Crippen molar-refractivity contribution in [3.05, 3.63) is 78.1 Å². The van der Waals surface area contributed by atoms with Crippen LogP contribution < -0.4 is 5.14 Å². The fourth-order valence-corrected chi connectivity index (χ4v) is 4.72. The van der Waals surface area contributed by atoms with Crippen LogP contribution in [0.4, 0.5) is 13.2 Å². The minimum atomic E-state index is -4.30. The number of rotatable bonds is 6. The van der Waals surface area contributed by atoms with Gasteiger partial charge in [0.05, 0.1) is 15.9 Å². The first-order valence-corrected chi connectivity index (χ1v) is 11.9. The predicted molar refractivity (Wildman–Crippen MR) is 119 cm³/mol.